The molecular formula is C19H24BrIN4O3. The average molecular weight is 563 g/mol. The van der Waals surface area contributed by atoms with Crippen LogP contribution in [0.3, 0.4) is 0 Å². The van der Waals surface area contributed by atoms with Crippen LogP contribution in [-0.4, -0.2) is 32.6 Å². The van der Waals surface area contributed by atoms with Gasteiger partial charge in [0.1, 0.15) is 0 Å². The van der Waals surface area contributed by atoms with Gasteiger partial charge in [0.2, 0.25) is 5.91 Å². The Morgan fingerprint density at radius 1 is 1.11 bits per heavy atom. The number of amides is 1. The lowest BCUT2D eigenvalue weighted by atomic mass is 10.2. The Morgan fingerprint density at radius 3 is 2.50 bits per heavy atom. The van der Waals surface area contributed by atoms with E-state index in [4.69, 9.17) is 15.2 Å². The molecule has 0 aliphatic rings. The first-order chi connectivity index (χ1) is 12.9. The maximum atomic E-state index is 12.1. The number of hydrogen-bond donors (Lipinski definition) is 3. The topological polar surface area (TPSA) is 98.0 Å². The summed E-state index contributed by atoms with van der Waals surface area (Å²) in [5.74, 6) is 1.30. The Bertz CT molecular complexity index is 846. The van der Waals surface area contributed by atoms with Crippen molar-refractivity contribution in [2.45, 2.75) is 13.3 Å². The third-order valence-electron chi connectivity index (χ3n) is 3.75. The van der Waals surface area contributed by atoms with E-state index in [2.05, 4.69) is 31.6 Å². The van der Waals surface area contributed by atoms with Gasteiger partial charge < -0.3 is 25.8 Å². The second-order valence-corrected chi connectivity index (χ2v) is 6.63. The van der Waals surface area contributed by atoms with Crippen LogP contribution in [0, 0.1) is 6.92 Å². The number of aliphatic imine (C=N–C) groups is 1. The lowest BCUT2D eigenvalue weighted by molar-refractivity contribution is -0.116. The molecule has 152 valence electrons. The van der Waals surface area contributed by atoms with Crippen LogP contribution in [0.2, 0.25) is 0 Å². The third-order valence-corrected chi connectivity index (χ3v) is 4.24. The third kappa shape index (κ3) is 7.19. The van der Waals surface area contributed by atoms with Gasteiger partial charge in [-0.15, -0.1) is 24.0 Å². The van der Waals surface area contributed by atoms with E-state index in [1.165, 1.54) is 0 Å². The second-order valence-electron chi connectivity index (χ2n) is 5.72. The fourth-order valence-electron chi connectivity index (χ4n) is 2.32. The van der Waals surface area contributed by atoms with Crippen molar-refractivity contribution in [3.05, 3.63) is 46.4 Å². The summed E-state index contributed by atoms with van der Waals surface area (Å²) < 4.78 is 11.3. The standard InChI is InChI=1S/C19H23BrN4O3.HI/c1-12-4-5-13(20)10-15(12)24-18(25)8-9-22-19(21)23-14-6-7-16(26-2)17(11-14)27-3;/h4-7,10-11H,8-9H2,1-3H3,(H,24,25)(H3,21,22,23);1H. The number of nitrogens with one attached hydrogen (secondary N) is 2. The Balaban J connectivity index is 0.00000392. The molecule has 0 heterocycles. The zero-order valence-electron chi connectivity index (χ0n) is 15.9. The van der Waals surface area contributed by atoms with E-state index in [1.54, 1.807) is 32.4 Å². The monoisotopic (exact) mass is 562 g/mol. The minimum atomic E-state index is -0.126. The molecule has 0 fully saturated rings. The summed E-state index contributed by atoms with van der Waals surface area (Å²) in [5.41, 5.74) is 8.35. The molecule has 0 aliphatic carbocycles. The van der Waals surface area contributed by atoms with Gasteiger partial charge >= 0.3 is 0 Å². The molecule has 9 heteroatoms. The number of aryl methyl sites for hydroxylation is 1. The fraction of sp³-hybridized carbons (Fsp3) is 0.263. The van der Waals surface area contributed by atoms with Crippen LogP contribution in [-0.2, 0) is 4.79 Å². The first-order valence-corrected chi connectivity index (χ1v) is 9.07. The quantitative estimate of drug-likeness (QED) is 0.267. The van der Waals surface area contributed by atoms with Gasteiger partial charge in [-0.25, -0.2) is 0 Å². The van der Waals surface area contributed by atoms with Crippen LogP contribution in [0.15, 0.2) is 45.9 Å². The van der Waals surface area contributed by atoms with Crippen molar-refractivity contribution in [1.29, 1.82) is 0 Å². The molecule has 0 aliphatic heterocycles. The summed E-state index contributed by atoms with van der Waals surface area (Å²) >= 11 is 3.39. The second kappa shape index (κ2) is 11.7. The summed E-state index contributed by atoms with van der Waals surface area (Å²) in [4.78, 5) is 16.3. The summed E-state index contributed by atoms with van der Waals surface area (Å²) in [6.07, 6.45) is 0.222. The van der Waals surface area contributed by atoms with Gasteiger partial charge in [0.25, 0.3) is 0 Å². The number of carbonyl (C=O) groups is 1. The molecule has 0 saturated carbocycles. The minimum Gasteiger partial charge on any atom is -0.493 e. The Hall–Kier alpha value is -2.01. The number of hydrogen-bond acceptors (Lipinski definition) is 4. The molecule has 0 saturated heterocycles. The molecule has 2 rings (SSSR count). The zero-order valence-corrected chi connectivity index (χ0v) is 19.8. The highest BCUT2D eigenvalue weighted by Gasteiger charge is 2.07. The van der Waals surface area contributed by atoms with Crippen LogP contribution in [0.5, 0.6) is 11.5 Å². The zero-order chi connectivity index (χ0) is 19.8. The smallest absolute Gasteiger partial charge is 0.226 e. The van der Waals surface area contributed by atoms with Crippen LogP contribution < -0.4 is 25.8 Å². The van der Waals surface area contributed by atoms with E-state index >= 15 is 0 Å². The number of rotatable bonds is 7. The van der Waals surface area contributed by atoms with Gasteiger partial charge in [-0.3, -0.25) is 9.79 Å². The number of halogens is 2. The molecule has 0 bridgehead atoms. The van der Waals surface area contributed by atoms with E-state index in [9.17, 15) is 4.79 Å². The van der Waals surface area contributed by atoms with Gasteiger partial charge in [-0.05, 0) is 36.8 Å². The molecule has 0 unspecified atom stereocenters. The highest BCUT2D eigenvalue weighted by atomic mass is 127. The van der Waals surface area contributed by atoms with Crippen molar-refractivity contribution in [2.24, 2.45) is 10.7 Å². The van der Waals surface area contributed by atoms with Crippen molar-refractivity contribution in [3.63, 3.8) is 0 Å². The predicted octanol–water partition coefficient (Wildman–Crippen LogP) is 4.15. The van der Waals surface area contributed by atoms with Crippen molar-refractivity contribution in [3.8, 4) is 11.5 Å². The molecule has 2 aromatic rings. The van der Waals surface area contributed by atoms with Gasteiger partial charge in [-0.2, -0.15) is 0 Å². The van der Waals surface area contributed by atoms with E-state index in [0.717, 1.165) is 15.7 Å². The van der Waals surface area contributed by atoms with Crippen LogP contribution in [0.1, 0.15) is 12.0 Å². The Morgan fingerprint density at radius 2 is 1.82 bits per heavy atom. The molecule has 0 atom stereocenters. The van der Waals surface area contributed by atoms with E-state index in [0.29, 0.717) is 17.2 Å². The number of anilines is 2. The normalized spacial score (nSPS) is 10.6. The van der Waals surface area contributed by atoms with Gasteiger partial charge in [-0.1, -0.05) is 22.0 Å². The number of nitrogens with zero attached hydrogens (tertiary/aromatic N) is 1. The molecule has 7 nitrogen and oxygen atoms in total. The number of guanidine groups is 1. The van der Waals surface area contributed by atoms with Gasteiger partial charge in [0, 0.05) is 28.3 Å². The first-order valence-electron chi connectivity index (χ1n) is 8.28. The van der Waals surface area contributed by atoms with Crippen molar-refractivity contribution >= 4 is 63.1 Å². The number of carbonyl (C=O) groups excluding carboxylic acids is 1. The van der Waals surface area contributed by atoms with E-state index in [-0.39, 0.29) is 48.8 Å². The van der Waals surface area contributed by atoms with Gasteiger partial charge in [0.15, 0.2) is 17.5 Å². The minimum absolute atomic E-state index is 0. The highest BCUT2D eigenvalue weighted by Crippen LogP contribution is 2.29. The lowest BCUT2D eigenvalue weighted by Gasteiger charge is -2.11. The Kier molecular flexibility index (Phi) is 10.1. The molecule has 28 heavy (non-hydrogen) atoms. The Labute approximate surface area is 190 Å². The van der Waals surface area contributed by atoms with E-state index in [1.807, 2.05) is 25.1 Å². The molecule has 1 amide bonds. The predicted molar refractivity (Wildman–Crippen MR) is 127 cm³/mol. The summed E-state index contributed by atoms with van der Waals surface area (Å²) in [7, 11) is 3.13. The number of nitrogens with two attached hydrogens (primary N) is 1. The summed E-state index contributed by atoms with van der Waals surface area (Å²) in [6, 6.07) is 11.0. The SMILES string of the molecule is COc1ccc(NC(N)=NCCC(=O)Nc2cc(Br)ccc2C)cc1OC.I. The maximum absolute atomic E-state index is 12.1. The van der Waals surface area contributed by atoms with Crippen LogP contribution in [0.4, 0.5) is 11.4 Å². The molecule has 0 radical (unpaired) electrons. The van der Waals surface area contributed by atoms with Crippen molar-refractivity contribution < 1.29 is 14.3 Å². The molecule has 0 spiro atoms. The number of ether oxygens (including phenoxy) is 2. The highest BCUT2D eigenvalue weighted by molar-refractivity contribution is 14.0. The van der Waals surface area contributed by atoms with Crippen molar-refractivity contribution in [2.75, 3.05) is 31.4 Å². The maximum Gasteiger partial charge on any atom is 0.226 e. The first kappa shape index (κ1) is 24.0. The van der Waals surface area contributed by atoms with E-state index < -0.39 is 0 Å². The molecule has 0 aromatic heterocycles. The summed E-state index contributed by atoms with van der Waals surface area (Å²) in [5, 5.41) is 5.83. The largest absolute Gasteiger partial charge is 0.493 e. The number of benzene rings is 2. The molecule has 2 aromatic carbocycles. The average Bonchev–Trinajstić information content (AvgIpc) is 2.64. The lowest BCUT2D eigenvalue weighted by Crippen LogP contribution is -2.23. The van der Waals surface area contributed by atoms with Crippen molar-refractivity contribution in [1.82, 2.24) is 0 Å². The number of methoxy groups -OCH3 is 2. The van der Waals surface area contributed by atoms with Crippen LogP contribution in [0.25, 0.3) is 0 Å². The van der Waals surface area contributed by atoms with Gasteiger partial charge in [0.05, 0.1) is 20.8 Å². The molecule has 4 N–H and O–H groups in total. The fourth-order valence-corrected chi connectivity index (χ4v) is 2.68. The molecular weight excluding hydrogens is 539 g/mol. The van der Waals surface area contributed by atoms with Crippen LogP contribution >= 0.6 is 39.9 Å². The summed E-state index contributed by atoms with van der Waals surface area (Å²) in [6.45, 7) is 2.20.